The summed E-state index contributed by atoms with van der Waals surface area (Å²) in [5.41, 5.74) is 2.26. The second-order valence-electron chi connectivity index (χ2n) is 5.87. The lowest BCUT2D eigenvalue weighted by molar-refractivity contribution is -0.129. The summed E-state index contributed by atoms with van der Waals surface area (Å²) in [6.45, 7) is 4.91. The summed E-state index contributed by atoms with van der Waals surface area (Å²) in [7, 11) is 0. The van der Waals surface area contributed by atoms with Crippen LogP contribution in [0.1, 0.15) is 24.7 Å². The average molecular weight is 341 g/mol. The van der Waals surface area contributed by atoms with Gasteiger partial charge in [-0.1, -0.05) is 0 Å². The number of aryl methyl sites for hydroxylation is 1. The van der Waals surface area contributed by atoms with Crippen LogP contribution in [-0.2, 0) is 24.4 Å². The molecule has 0 atom stereocenters. The predicted molar refractivity (Wildman–Crippen MR) is 93.2 cm³/mol. The van der Waals surface area contributed by atoms with Gasteiger partial charge in [-0.15, -0.1) is 0 Å². The molecular formula is C15H24N4OS2. The Morgan fingerprint density at radius 1 is 1.36 bits per heavy atom. The molecule has 7 heteroatoms. The van der Waals surface area contributed by atoms with E-state index in [4.69, 9.17) is 5.10 Å². The summed E-state index contributed by atoms with van der Waals surface area (Å²) in [4.78, 5) is 13.5. The van der Waals surface area contributed by atoms with Crippen LogP contribution in [0.25, 0.3) is 0 Å². The lowest BCUT2D eigenvalue weighted by Gasteiger charge is -2.17. The van der Waals surface area contributed by atoms with E-state index in [1.54, 1.807) is 6.92 Å². The molecule has 1 aromatic rings. The molecule has 2 aliphatic rings. The van der Waals surface area contributed by atoms with E-state index in [9.17, 15) is 4.79 Å². The fourth-order valence-corrected chi connectivity index (χ4v) is 5.33. The molecule has 2 aliphatic heterocycles. The SMILES string of the molecule is CC(=O)N1CCCn2nc(CNC3CSCCSC3)cc2C1. The molecule has 3 rings (SSSR count). The summed E-state index contributed by atoms with van der Waals surface area (Å²) >= 11 is 4.08. The molecule has 122 valence electrons. The van der Waals surface area contributed by atoms with Crippen molar-refractivity contribution in [3.8, 4) is 0 Å². The van der Waals surface area contributed by atoms with Crippen LogP contribution in [-0.4, -0.2) is 56.2 Å². The van der Waals surface area contributed by atoms with E-state index in [2.05, 4.69) is 16.1 Å². The zero-order valence-electron chi connectivity index (χ0n) is 13.1. The lowest BCUT2D eigenvalue weighted by atomic mass is 10.3. The molecule has 22 heavy (non-hydrogen) atoms. The minimum atomic E-state index is 0.154. The van der Waals surface area contributed by atoms with Gasteiger partial charge >= 0.3 is 0 Å². The standard InChI is InChI=1S/C15H24N4OS2/c1-12(20)18-3-2-4-19-15(9-18)7-13(17-19)8-16-14-10-21-5-6-22-11-14/h7,14,16H,2-6,8-11H2,1H3. The molecule has 1 amide bonds. The van der Waals surface area contributed by atoms with Gasteiger partial charge in [0.25, 0.3) is 0 Å². The summed E-state index contributed by atoms with van der Waals surface area (Å²) in [5.74, 6) is 5.07. The number of carbonyl (C=O) groups excluding carboxylic acids is 1. The molecule has 1 saturated heterocycles. The molecule has 0 spiro atoms. The third kappa shape index (κ3) is 4.20. The Hall–Kier alpha value is -0.660. The van der Waals surface area contributed by atoms with E-state index in [1.807, 2.05) is 28.4 Å². The monoisotopic (exact) mass is 340 g/mol. The second-order valence-corrected chi connectivity index (χ2v) is 8.17. The summed E-state index contributed by atoms with van der Waals surface area (Å²) < 4.78 is 2.08. The van der Waals surface area contributed by atoms with Crippen LogP contribution in [0.3, 0.4) is 0 Å². The Balaban J connectivity index is 1.59. The van der Waals surface area contributed by atoms with Gasteiger partial charge in [0.05, 0.1) is 17.9 Å². The maximum Gasteiger partial charge on any atom is 0.219 e. The van der Waals surface area contributed by atoms with E-state index in [1.165, 1.54) is 23.0 Å². The van der Waals surface area contributed by atoms with Crippen molar-refractivity contribution in [1.29, 1.82) is 0 Å². The van der Waals surface area contributed by atoms with Crippen molar-refractivity contribution in [3.05, 3.63) is 17.5 Å². The zero-order valence-corrected chi connectivity index (χ0v) is 14.7. The van der Waals surface area contributed by atoms with Crippen molar-refractivity contribution >= 4 is 29.4 Å². The van der Waals surface area contributed by atoms with Crippen molar-refractivity contribution in [2.45, 2.75) is 39.0 Å². The number of nitrogens with zero attached hydrogens (tertiary/aromatic N) is 3. The Labute approximate surface area is 140 Å². The molecule has 0 unspecified atom stereocenters. The predicted octanol–water partition coefficient (Wildman–Crippen LogP) is 1.57. The van der Waals surface area contributed by atoms with Gasteiger partial charge in [-0.05, 0) is 12.5 Å². The van der Waals surface area contributed by atoms with Gasteiger partial charge in [0.2, 0.25) is 5.91 Å². The number of fused-ring (bicyclic) bond motifs is 1. The van der Waals surface area contributed by atoms with Crippen molar-refractivity contribution in [2.24, 2.45) is 0 Å². The van der Waals surface area contributed by atoms with Gasteiger partial charge in [-0.25, -0.2) is 0 Å². The molecule has 1 N–H and O–H groups in total. The first-order valence-corrected chi connectivity index (χ1v) is 10.2. The summed E-state index contributed by atoms with van der Waals surface area (Å²) in [5, 5.41) is 8.35. The van der Waals surface area contributed by atoms with E-state index < -0.39 is 0 Å². The molecule has 1 fully saturated rings. The maximum atomic E-state index is 11.6. The van der Waals surface area contributed by atoms with Crippen molar-refractivity contribution in [3.63, 3.8) is 0 Å². The zero-order chi connectivity index (χ0) is 15.4. The number of aromatic nitrogens is 2. The highest BCUT2D eigenvalue weighted by atomic mass is 32.2. The fourth-order valence-electron chi connectivity index (χ4n) is 2.86. The Kier molecular flexibility index (Phi) is 5.71. The van der Waals surface area contributed by atoms with Crippen LogP contribution < -0.4 is 5.32 Å². The van der Waals surface area contributed by atoms with Gasteiger partial charge in [-0.2, -0.15) is 28.6 Å². The number of amides is 1. The van der Waals surface area contributed by atoms with Crippen molar-refractivity contribution in [2.75, 3.05) is 29.6 Å². The molecule has 3 heterocycles. The number of hydrogen-bond acceptors (Lipinski definition) is 5. The van der Waals surface area contributed by atoms with Crippen molar-refractivity contribution in [1.82, 2.24) is 20.0 Å². The number of hydrogen-bond donors (Lipinski definition) is 1. The molecule has 0 radical (unpaired) electrons. The number of rotatable bonds is 3. The molecule has 0 bridgehead atoms. The highest BCUT2D eigenvalue weighted by molar-refractivity contribution is 8.03. The molecule has 0 aromatic carbocycles. The van der Waals surface area contributed by atoms with Crippen LogP contribution in [0.4, 0.5) is 0 Å². The maximum absolute atomic E-state index is 11.6. The normalized spacial score (nSPS) is 20.3. The average Bonchev–Trinajstić information content (AvgIpc) is 2.71. The number of nitrogens with one attached hydrogen (secondary N) is 1. The first kappa shape index (κ1) is 16.2. The summed E-state index contributed by atoms with van der Waals surface area (Å²) in [6.07, 6.45) is 0.983. The number of thioether (sulfide) groups is 2. The third-order valence-electron chi connectivity index (χ3n) is 4.09. The third-order valence-corrected chi connectivity index (χ3v) is 6.61. The summed E-state index contributed by atoms with van der Waals surface area (Å²) in [6, 6.07) is 2.73. The first-order chi connectivity index (χ1) is 10.7. The topological polar surface area (TPSA) is 50.2 Å². The van der Waals surface area contributed by atoms with E-state index in [0.717, 1.165) is 37.4 Å². The molecule has 1 aromatic heterocycles. The smallest absolute Gasteiger partial charge is 0.219 e. The van der Waals surface area contributed by atoms with Crippen molar-refractivity contribution < 1.29 is 4.79 Å². The van der Waals surface area contributed by atoms with E-state index >= 15 is 0 Å². The quantitative estimate of drug-likeness (QED) is 0.905. The van der Waals surface area contributed by atoms with E-state index in [0.29, 0.717) is 12.6 Å². The van der Waals surface area contributed by atoms with E-state index in [-0.39, 0.29) is 5.91 Å². The second kappa shape index (κ2) is 7.75. The minimum absolute atomic E-state index is 0.154. The Bertz CT molecular complexity index is 512. The first-order valence-electron chi connectivity index (χ1n) is 7.92. The molecule has 0 aliphatic carbocycles. The lowest BCUT2D eigenvalue weighted by Crippen LogP contribution is -2.32. The highest BCUT2D eigenvalue weighted by Crippen LogP contribution is 2.17. The Morgan fingerprint density at radius 3 is 2.86 bits per heavy atom. The minimum Gasteiger partial charge on any atom is -0.337 e. The van der Waals surface area contributed by atoms with Crippen LogP contribution in [0, 0.1) is 0 Å². The van der Waals surface area contributed by atoms with Crippen LogP contribution in [0.2, 0.25) is 0 Å². The van der Waals surface area contributed by atoms with Gasteiger partial charge in [0.15, 0.2) is 0 Å². The fraction of sp³-hybridized carbons (Fsp3) is 0.733. The van der Waals surface area contributed by atoms with Gasteiger partial charge in [0, 0.05) is 55.6 Å². The van der Waals surface area contributed by atoms with Gasteiger partial charge in [0.1, 0.15) is 0 Å². The molecular weight excluding hydrogens is 316 g/mol. The van der Waals surface area contributed by atoms with Gasteiger partial charge < -0.3 is 10.2 Å². The van der Waals surface area contributed by atoms with Crippen LogP contribution >= 0.6 is 23.5 Å². The Morgan fingerprint density at radius 2 is 2.14 bits per heavy atom. The highest BCUT2D eigenvalue weighted by Gasteiger charge is 2.19. The molecule has 0 saturated carbocycles. The van der Waals surface area contributed by atoms with Gasteiger partial charge in [-0.3, -0.25) is 9.48 Å². The van der Waals surface area contributed by atoms with Crippen LogP contribution in [0.5, 0.6) is 0 Å². The largest absolute Gasteiger partial charge is 0.337 e. The van der Waals surface area contributed by atoms with Crippen LogP contribution in [0.15, 0.2) is 6.07 Å². The number of carbonyl (C=O) groups is 1. The molecule has 5 nitrogen and oxygen atoms in total.